The molecule has 0 saturated carbocycles. The van der Waals surface area contributed by atoms with Gasteiger partial charge < -0.3 is 15.5 Å². The molecule has 0 bridgehead atoms. The topological polar surface area (TPSA) is 56.7 Å². The van der Waals surface area contributed by atoms with Crippen LogP contribution in [0.3, 0.4) is 0 Å². The minimum atomic E-state index is -0.112. The van der Waals surface area contributed by atoms with Crippen LogP contribution in [0.1, 0.15) is 34.6 Å². The summed E-state index contributed by atoms with van der Waals surface area (Å²) in [5.41, 5.74) is 3.73. The van der Waals surface area contributed by atoms with E-state index in [9.17, 15) is 4.79 Å². The number of aliphatic imine (C=N–C) groups is 1. The predicted molar refractivity (Wildman–Crippen MR) is 90.5 cm³/mol. The molecule has 2 aliphatic heterocycles. The lowest BCUT2D eigenvalue weighted by Gasteiger charge is -2.42. The van der Waals surface area contributed by atoms with Crippen LogP contribution in [0.4, 0.5) is 0 Å². The second-order valence-electron chi connectivity index (χ2n) is 6.66. The van der Waals surface area contributed by atoms with Crippen molar-refractivity contribution in [1.82, 2.24) is 15.5 Å². The third-order valence-corrected chi connectivity index (χ3v) is 4.32. The molecule has 0 radical (unpaired) electrons. The van der Waals surface area contributed by atoms with Crippen LogP contribution in [0, 0.1) is 11.8 Å². The Kier molecular flexibility index (Phi) is 5.06. The summed E-state index contributed by atoms with van der Waals surface area (Å²) >= 11 is 0. The average molecular weight is 304 g/mol. The van der Waals surface area contributed by atoms with Crippen LogP contribution in [0.5, 0.6) is 0 Å². The summed E-state index contributed by atoms with van der Waals surface area (Å²) in [6.07, 6.45) is 0. The van der Waals surface area contributed by atoms with Gasteiger partial charge in [-0.15, -0.1) is 0 Å². The maximum absolute atomic E-state index is 12.4. The third kappa shape index (κ3) is 3.24. The Labute approximate surface area is 133 Å². The van der Waals surface area contributed by atoms with E-state index in [1.807, 2.05) is 0 Å². The maximum Gasteiger partial charge on any atom is 0.248 e. The van der Waals surface area contributed by atoms with E-state index in [1.54, 1.807) is 0 Å². The number of fused-ring (bicyclic) bond motifs is 1. The number of amides is 1. The van der Waals surface area contributed by atoms with E-state index in [-0.39, 0.29) is 17.9 Å². The van der Waals surface area contributed by atoms with Gasteiger partial charge in [0.1, 0.15) is 6.04 Å². The highest BCUT2D eigenvalue weighted by Gasteiger charge is 2.36. The highest BCUT2D eigenvalue weighted by Crippen LogP contribution is 2.24. The highest BCUT2D eigenvalue weighted by molar-refractivity contribution is 6.06. The van der Waals surface area contributed by atoms with Crippen molar-refractivity contribution in [3.05, 3.63) is 23.7 Å². The van der Waals surface area contributed by atoms with Gasteiger partial charge in [0.25, 0.3) is 0 Å². The monoisotopic (exact) mass is 304 g/mol. The smallest absolute Gasteiger partial charge is 0.248 e. The van der Waals surface area contributed by atoms with Gasteiger partial charge in [0.05, 0.1) is 11.4 Å². The fourth-order valence-corrected chi connectivity index (χ4v) is 2.79. The first-order chi connectivity index (χ1) is 10.3. The molecule has 0 spiro atoms. The number of carbonyl (C=O) groups is 1. The van der Waals surface area contributed by atoms with Crippen LogP contribution in [0.15, 0.2) is 28.7 Å². The second kappa shape index (κ2) is 6.65. The third-order valence-electron chi connectivity index (χ3n) is 4.32. The minimum absolute atomic E-state index is 0.0521. The van der Waals surface area contributed by atoms with E-state index < -0.39 is 0 Å². The van der Waals surface area contributed by atoms with Crippen molar-refractivity contribution < 1.29 is 4.79 Å². The lowest BCUT2D eigenvalue weighted by Crippen LogP contribution is -2.61. The fourth-order valence-electron chi connectivity index (χ4n) is 2.79. The van der Waals surface area contributed by atoms with Crippen LogP contribution in [-0.4, -0.2) is 42.2 Å². The molecule has 122 valence electrons. The molecule has 1 fully saturated rings. The zero-order valence-electron chi connectivity index (χ0n) is 14.4. The van der Waals surface area contributed by atoms with Crippen molar-refractivity contribution in [1.29, 1.82) is 0 Å². The van der Waals surface area contributed by atoms with Crippen LogP contribution in [0.2, 0.25) is 0 Å². The van der Waals surface area contributed by atoms with Gasteiger partial charge >= 0.3 is 0 Å². The molecule has 1 saturated heterocycles. The van der Waals surface area contributed by atoms with Crippen LogP contribution < -0.4 is 10.6 Å². The summed E-state index contributed by atoms with van der Waals surface area (Å²) in [6, 6.07) is -0.112. The molecule has 0 aliphatic carbocycles. The van der Waals surface area contributed by atoms with Gasteiger partial charge in [0.2, 0.25) is 5.91 Å². The molecule has 2 rings (SSSR count). The Morgan fingerprint density at radius 1 is 1.32 bits per heavy atom. The summed E-state index contributed by atoms with van der Waals surface area (Å²) < 4.78 is 0. The molecule has 0 aromatic carbocycles. The van der Waals surface area contributed by atoms with Crippen LogP contribution in [-0.2, 0) is 4.79 Å². The normalized spacial score (nSPS) is 23.0. The number of nitrogens with zero attached hydrogens (tertiary/aromatic N) is 2. The molecule has 0 aromatic rings. The largest absolute Gasteiger partial charge is 0.359 e. The fraction of sp³-hybridized carbons (Fsp3) is 0.647. The molecule has 2 N–H and O–H groups in total. The Morgan fingerprint density at radius 2 is 2.00 bits per heavy atom. The molecular weight excluding hydrogens is 276 g/mol. The molecular formula is C17H28N4O. The van der Waals surface area contributed by atoms with E-state index >= 15 is 0 Å². The summed E-state index contributed by atoms with van der Waals surface area (Å²) in [4.78, 5) is 19.4. The van der Waals surface area contributed by atoms with Crippen molar-refractivity contribution in [3.8, 4) is 0 Å². The van der Waals surface area contributed by atoms with Gasteiger partial charge in [0.15, 0.2) is 0 Å². The van der Waals surface area contributed by atoms with Crippen molar-refractivity contribution in [2.45, 2.75) is 40.7 Å². The van der Waals surface area contributed by atoms with Gasteiger partial charge in [0, 0.05) is 31.0 Å². The van der Waals surface area contributed by atoms with Gasteiger partial charge in [-0.3, -0.25) is 9.79 Å². The molecule has 1 unspecified atom stereocenters. The Balaban J connectivity index is 2.42. The summed E-state index contributed by atoms with van der Waals surface area (Å²) in [5.74, 6) is 0.567. The number of hydrogen-bond donors (Lipinski definition) is 2. The van der Waals surface area contributed by atoms with E-state index in [0.717, 1.165) is 35.9 Å². The highest BCUT2D eigenvalue weighted by atomic mass is 16.2. The molecule has 0 aromatic heterocycles. The Morgan fingerprint density at radius 3 is 2.59 bits per heavy atom. The number of rotatable bonds is 4. The lowest BCUT2D eigenvalue weighted by molar-refractivity contribution is -0.126. The first kappa shape index (κ1) is 16.7. The molecule has 2 heterocycles. The number of hydrogen-bond acceptors (Lipinski definition) is 4. The van der Waals surface area contributed by atoms with Gasteiger partial charge in [-0.1, -0.05) is 34.3 Å². The SMILES string of the molecule is C=C(N=C(C1=C(C)N2CCNCC2C(=O)N1)C(C)C)C(C)C. The number of piperazine rings is 1. The minimum Gasteiger partial charge on any atom is -0.359 e. The lowest BCUT2D eigenvalue weighted by atomic mass is 9.98. The van der Waals surface area contributed by atoms with E-state index in [1.165, 1.54) is 0 Å². The van der Waals surface area contributed by atoms with Gasteiger partial charge in [-0.25, -0.2) is 0 Å². The number of allylic oxidation sites excluding steroid dienone is 3. The zero-order chi connectivity index (χ0) is 16.4. The standard InChI is InChI=1S/C17H28N4O/c1-10(2)12(5)19-15(11(3)4)16-13(6)21-8-7-18-9-14(21)17(22)20-16/h10-11,14,18H,5,7-9H2,1-4,6H3,(H,20,22). The van der Waals surface area contributed by atoms with Crippen molar-refractivity contribution in [2.24, 2.45) is 16.8 Å². The van der Waals surface area contributed by atoms with Crippen molar-refractivity contribution >= 4 is 11.6 Å². The van der Waals surface area contributed by atoms with E-state index in [2.05, 4.69) is 56.7 Å². The Bertz CT molecular complexity index is 531. The predicted octanol–water partition coefficient (Wildman–Crippen LogP) is 1.89. The van der Waals surface area contributed by atoms with Gasteiger partial charge in [-0.2, -0.15) is 0 Å². The van der Waals surface area contributed by atoms with Crippen molar-refractivity contribution in [3.63, 3.8) is 0 Å². The first-order valence-electron chi connectivity index (χ1n) is 8.09. The van der Waals surface area contributed by atoms with Gasteiger partial charge in [-0.05, 0) is 18.8 Å². The number of carbonyl (C=O) groups excluding carboxylic acids is 1. The maximum atomic E-state index is 12.4. The quantitative estimate of drug-likeness (QED) is 0.780. The Hall–Kier alpha value is -1.62. The van der Waals surface area contributed by atoms with Crippen molar-refractivity contribution in [2.75, 3.05) is 19.6 Å². The van der Waals surface area contributed by atoms with Crippen LogP contribution in [0.25, 0.3) is 0 Å². The molecule has 1 amide bonds. The summed E-state index contributed by atoms with van der Waals surface area (Å²) in [5, 5.41) is 6.36. The first-order valence-corrected chi connectivity index (χ1v) is 8.09. The molecule has 1 atom stereocenters. The molecule has 2 aliphatic rings. The summed E-state index contributed by atoms with van der Waals surface area (Å²) in [6.45, 7) is 16.9. The number of nitrogens with one attached hydrogen (secondary N) is 2. The zero-order valence-corrected chi connectivity index (χ0v) is 14.4. The van der Waals surface area contributed by atoms with E-state index in [4.69, 9.17) is 4.99 Å². The molecule has 5 heteroatoms. The van der Waals surface area contributed by atoms with E-state index in [0.29, 0.717) is 12.5 Å². The summed E-state index contributed by atoms with van der Waals surface area (Å²) in [7, 11) is 0. The van der Waals surface area contributed by atoms with Crippen LogP contribution >= 0.6 is 0 Å². The molecule has 5 nitrogen and oxygen atoms in total. The average Bonchev–Trinajstić information content (AvgIpc) is 2.48. The second-order valence-corrected chi connectivity index (χ2v) is 6.66. The molecule has 22 heavy (non-hydrogen) atoms.